The molecule has 0 aliphatic carbocycles. The zero-order chi connectivity index (χ0) is 21.8. The van der Waals surface area contributed by atoms with Crippen LogP contribution in [-0.4, -0.2) is 37.2 Å². The average Bonchev–Trinajstić information content (AvgIpc) is 3.20. The molecule has 0 aliphatic heterocycles. The van der Waals surface area contributed by atoms with E-state index < -0.39 is 17.8 Å². The van der Waals surface area contributed by atoms with E-state index in [0.29, 0.717) is 21.9 Å². The lowest BCUT2D eigenvalue weighted by atomic mass is 10.0. The van der Waals surface area contributed by atoms with Crippen LogP contribution in [0, 0.1) is 5.82 Å². The fourth-order valence-corrected chi connectivity index (χ4v) is 3.42. The van der Waals surface area contributed by atoms with Crippen molar-refractivity contribution in [3.63, 3.8) is 0 Å². The van der Waals surface area contributed by atoms with Gasteiger partial charge in [0, 0.05) is 28.3 Å². The van der Waals surface area contributed by atoms with Crippen molar-refractivity contribution >= 4 is 23.3 Å². The van der Waals surface area contributed by atoms with E-state index in [9.17, 15) is 14.0 Å². The summed E-state index contributed by atoms with van der Waals surface area (Å²) in [7, 11) is 3.57. The second-order valence-electron chi connectivity index (χ2n) is 7.12. The largest absolute Gasteiger partial charge is 0.451 e. The SMILES string of the molecule is CC(=O)c1ccc(-c2ccc(C(=O)NCC(c3c(F)cccc3Cl)N(C)C)o2)cc1. The van der Waals surface area contributed by atoms with E-state index in [1.807, 2.05) is 0 Å². The number of hydrogen-bond donors (Lipinski definition) is 1. The maximum absolute atomic E-state index is 14.3. The van der Waals surface area contributed by atoms with Crippen LogP contribution in [0.3, 0.4) is 0 Å². The van der Waals surface area contributed by atoms with Gasteiger partial charge in [-0.25, -0.2) is 4.39 Å². The molecule has 5 nitrogen and oxygen atoms in total. The van der Waals surface area contributed by atoms with Crippen LogP contribution in [0.15, 0.2) is 59.0 Å². The Labute approximate surface area is 179 Å². The first-order valence-electron chi connectivity index (χ1n) is 9.37. The summed E-state index contributed by atoms with van der Waals surface area (Å²) in [6.45, 7) is 1.65. The predicted octanol–water partition coefficient (Wildman–Crippen LogP) is 4.97. The van der Waals surface area contributed by atoms with Gasteiger partial charge in [-0.1, -0.05) is 41.9 Å². The van der Waals surface area contributed by atoms with Gasteiger partial charge in [-0.3, -0.25) is 9.59 Å². The molecule has 156 valence electrons. The molecule has 0 radical (unpaired) electrons. The lowest BCUT2D eigenvalue weighted by Gasteiger charge is -2.26. The first-order chi connectivity index (χ1) is 14.3. The molecule has 0 saturated carbocycles. The molecule has 1 amide bonds. The van der Waals surface area contributed by atoms with E-state index in [1.54, 1.807) is 67.5 Å². The van der Waals surface area contributed by atoms with E-state index >= 15 is 0 Å². The molecule has 0 aliphatic rings. The Hall–Kier alpha value is -2.96. The zero-order valence-corrected chi connectivity index (χ0v) is 17.7. The number of nitrogens with zero attached hydrogens (tertiary/aromatic N) is 1. The third-order valence-electron chi connectivity index (χ3n) is 4.82. The minimum atomic E-state index is -0.448. The smallest absolute Gasteiger partial charge is 0.287 e. The minimum Gasteiger partial charge on any atom is -0.451 e. The molecule has 30 heavy (non-hydrogen) atoms. The number of Topliss-reactive ketones (excluding diaryl/α,β-unsaturated/α-hetero) is 1. The molecule has 0 bridgehead atoms. The number of nitrogens with one attached hydrogen (secondary N) is 1. The molecule has 1 heterocycles. The quantitative estimate of drug-likeness (QED) is 0.539. The Morgan fingerprint density at radius 1 is 1.10 bits per heavy atom. The van der Waals surface area contributed by atoms with E-state index in [0.717, 1.165) is 5.56 Å². The zero-order valence-electron chi connectivity index (χ0n) is 16.9. The maximum Gasteiger partial charge on any atom is 0.287 e. The predicted molar refractivity (Wildman–Crippen MR) is 114 cm³/mol. The van der Waals surface area contributed by atoms with Gasteiger partial charge in [0.2, 0.25) is 0 Å². The Morgan fingerprint density at radius 3 is 2.40 bits per heavy atom. The van der Waals surface area contributed by atoms with Crippen molar-refractivity contribution in [3.8, 4) is 11.3 Å². The van der Waals surface area contributed by atoms with Gasteiger partial charge in [0.05, 0.1) is 6.04 Å². The molecule has 2 aromatic carbocycles. The molecule has 0 saturated heterocycles. The number of carbonyl (C=O) groups is 2. The molecule has 3 rings (SSSR count). The van der Waals surface area contributed by atoms with Crippen molar-refractivity contribution in [3.05, 3.63) is 82.3 Å². The van der Waals surface area contributed by atoms with Crippen LogP contribution < -0.4 is 5.32 Å². The topological polar surface area (TPSA) is 62.6 Å². The number of rotatable bonds is 7. The van der Waals surface area contributed by atoms with Gasteiger partial charge in [-0.05, 0) is 45.3 Å². The Morgan fingerprint density at radius 2 is 1.80 bits per heavy atom. The molecule has 0 spiro atoms. The molecule has 3 aromatic rings. The summed E-state index contributed by atoms with van der Waals surface area (Å²) >= 11 is 6.18. The van der Waals surface area contributed by atoms with E-state index in [1.165, 1.54) is 13.0 Å². The first kappa shape index (κ1) is 21.7. The summed E-state index contributed by atoms with van der Waals surface area (Å²) in [4.78, 5) is 25.7. The fraction of sp³-hybridized carbons (Fsp3) is 0.217. The number of carbonyl (C=O) groups excluding carboxylic acids is 2. The number of furan rings is 1. The second kappa shape index (κ2) is 9.24. The molecule has 1 N–H and O–H groups in total. The number of hydrogen-bond acceptors (Lipinski definition) is 4. The van der Waals surface area contributed by atoms with Crippen LogP contribution in [-0.2, 0) is 0 Å². The molecular weight excluding hydrogens is 407 g/mol. The average molecular weight is 429 g/mol. The highest BCUT2D eigenvalue weighted by molar-refractivity contribution is 6.31. The van der Waals surface area contributed by atoms with Crippen molar-refractivity contribution in [1.82, 2.24) is 10.2 Å². The van der Waals surface area contributed by atoms with Crippen LogP contribution >= 0.6 is 11.6 Å². The Kier molecular flexibility index (Phi) is 6.70. The van der Waals surface area contributed by atoms with Crippen LogP contribution in [0.5, 0.6) is 0 Å². The van der Waals surface area contributed by atoms with Crippen LogP contribution in [0.4, 0.5) is 4.39 Å². The fourth-order valence-electron chi connectivity index (χ4n) is 3.13. The van der Waals surface area contributed by atoms with Gasteiger partial charge in [-0.2, -0.15) is 0 Å². The van der Waals surface area contributed by atoms with E-state index in [2.05, 4.69) is 5.32 Å². The van der Waals surface area contributed by atoms with Gasteiger partial charge in [0.25, 0.3) is 5.91 Å². The number of amides is 1. The summed E-state index contributed by atoms with van der Waals surface area (Å²) in [5.41, 5.74) is 1.68. The Bertz CT molecular complexity index is 1040. The van der Waals surface area contributed by atoms with E-state index in [4.69, 9.17) is 16.0 Å². The van der Waals surface area contributed by atoms with Crippen molar-refractivity contribution in [2.45, 2.75) is 13.0 Å². The highest BCUT2D eigenvalue weighted by Crippen LogP contribution is 2.29. The number of halogens is 2. The highest BCUT2D eigenvalue weighted by Gasteiger charge is 2.23. The highest BCUT2D eigenvalue weighted by atomic mass is 35.5. The van der Waals surface area contributed by atoms with Crippen LogP contribution in [0.1, 0.15) is 39.4 Å². The van der Waals surface area contributed by atoms with Gasteiger partial charge < -0.3 is 14.6 Å². The molecule has 1 atom stereocenters. The lowest BCUT2D eigenvalue weighted by molar-refractivity contribution is 0.0914. The van der Waals surface area contributed by atoms with Crippen molar-refractivity contribution in [2.24, 2.45) is 0 Å². The number of benzene rings is 2. The first-order valence-corrected chi connectivity index (χ1v) is 9.75. The third-order valence-corrected chi connectivity index (χ3v) is 5.15. The van der Waals surface area contributed by atoms with Crippen LogP contribution in [0.2, 0.25) is 5.02 Å². The summed E-state index contributed by atoms with van der Waals surface area (Å²) < 4.78 is 20.0. The lowest BCUT2D eigenvalue weighted by Crippen LogP contribution is -2.35. The standard InChI is InChI=1S/C23H22ClFN2O3/c1-14(28)15-7-9-16(10-8-15)20-11-12-21(30-20)23(29)26-13-19(27(2)3)22-17(24)5-4-6-18(22)25/h4-12,19H,13H2,1-3H3,(H,26,29). The number of likely N-dealkylation sites (N-methyl/N-ethyl adjacent to an activating group) is 1. The van der Waals surface area contributed by atoms with Crippen molar-refractivity contribution in [1.29, 1.82) is 0 Å². The monoisotopic (exact) mass is 428 g/mol. The van der Waals surface area contributed by atoms with Gasteiger partial charge in [-0.15, -0.1) is 0 Å². The third kappa shape index (κ3) is 4.78. The molecular formula is C23H22ClFN2O3. The summed E-state index contributed by atoms with van der Waals surface area (Å²) in [5.74, 6) is -0.216. The van der Waals surface area contributed by atoms with E-state index in [-0.39, 0.29) is 18.1 Å². The van der Waals surface area contributed by atoms with Gasteiger partial charge >= 0.3 is 0 Å². The van der Waals surface area contributed by atoms with Gasteiger partial charge in [0.1, 0.15) is 11.6 Å². The van der Waals surface area contributed by atoms with Gasteiger partial charge in [0.15, 0.2) is 11.5 Å². The maximum atomic E-state index is 14.3. The van der Waals surface area contributed by atoms with Crippen molar-refractivity contribution in [2.75, 3.05) is 20.6 Å². The Balaban J connectivity index is 1.72. The summed E-state index contributed by atoms with van der Waals surface area (Å²) in [6, 6.07) is 14.3. The minimum absolute atomic E-state index is 0.0218. The van der Waals surface area contributed by atoms with Crippen molar-refractivity contribution < 1.29 is 18.4 Å². The normalized spacial score (nSPS) is 12.1. The summed E-state index contributed by atoms with van der Waals surface area (Å²) in [5, 5.41) is 3.08. The second-order valence-corrected chi connectivity index (χ2v) is 7.53. The molecule has 1 aromatic heterocycles. The summed E-state index contributed by atoms with van der Waals surface area (Å²) in [6.07, 6.45) is 0. The number of ketones is 1. The molecule has 7 heteroatoms. The molecule has 1 unspecified atom stereocenters. The molecule has 0 fully saturated rings. The van der Waals surface area contributed by atoms with Crippen LogP contribution in [0.25, 0.3) is 11.3 Å².